The van der Waals surface area contributed by atoms with Crippen molar-refractivity contribution in [2.45, 2.75) is 44.1 Å². The first-order chi connectivity index (χ1) is 14.0. The third-order valence-electron chi connectivity index (χ3n) is 6.88. The lowest BCUT2D eigenvalue weighted by Gasteiger charge is -2.45. The van der Waals surface area contributed by atoms with Gasteiger partial charge >= 0.3 is 6.09 Å². The largest absolute Gasteiger partial charge is 0.436 e. The number of ether oxygens (including phenoxy) is 1. The van der Waals surface area contributed by atoms with E-state index in [2.05, 4.69) is 29.0 Å². The maximum absolute atomic E-state index is 12.2. The molecule has 3 aliphatic heterocycles. The van der Waals surface area contributed by atoms with E-state index in [-0.39, 0.29) is 25.4 Å². The Bertz CT molecular complexity index is 821. The van der Waals surface area contributed by atoms with Crippen molar-refractivity contribution in [2.75, 3.05) is 44.2 Å². The number of carbonyl (C=O) groups is 2. The lowest BCUT2D eigenvalue weighted by atomic mass is 9.74. The van der Waals surface area contributed by atoms with Crippen LogP contribution in [0, 0.1) is 12.3 Å². The van der Waals surface area contributed by atoms with Gasteiger partial charge in [-0.25, -0.2) is 4.79 Å². The van der Waals surface area contributed by atoms with Crippen molar-refractivity contribution in [1.82, 2.24) is 9.80 Å². The second kappa shape index (κ2) is 8.08. The summed E-state index contributed by atoms with van der Waals surface area (Å²) in [6, 6.07) is 8.89. The molecule has 0 atom stereocenters. The van der Waals surface area contributed by atoms with Gasteiger partial charge in [0, 0.05) is 45.1 Å². The van der Waals surface area contributed by atoms with Crippen LogP contribution in [0.15, 0.2) is 24.3 Å². The maximum atomic E-state index is 12.2. The molecule has 1 aromatic rings. The zero-order valence-corrected chi connectivity index (χ0v) is 17.1. The van der Waals surface area contributed by atoms with Crippen LogP contribution in [-0.2, 0) is 14.9 Å². The topological polar surface area (TPSA) is 53.1 Å². The van der Waals surface area contributed by atoms with E-state index in [1.165, 1.54) is 5.56 Å². The first-order valence-corrected chi connectivity index (χ1v) is 10.5. The van der Waals surface area contributed by atoms with Gasteiger partial charge in [-0.05, 0) is 50.4 Å². The Morgan fingerprint density at radius 3 is 2.55 bits per heavy atom. The van der Waals surface area contributed by atoms with E-state index in [1.54, 1.807) is 11.8 Å². The quantitative estimate of drug-likeness (QED) is 0.720. The minimum absolute atomic E-state index is 0. The molecule has 6 heteroatoms. The highest BCUT2D eigenvalue weighted by molar-refractivity contribution is 5.94. The van der Waals surface area contributed by atoms with E-state index >= 15 is 0 Å². The highest BCUT2D eigenvalue weighted by atomic mass is 16.6. The van der Waals surface area contributed by atoms with Gasteiger partial charge in [0.2, 0.25) is 5.91 Å². The molecule has 3 aliphatic rings. The van der Waals surface area contributed by atoms with Crippen LogP contribution in [0.5, 0.6) is 0 Å². The van der Waals surface area contributed by atoms with Crippen molar-refractivity contribution in [3.8, 4) is 12.3 Å². The smallest absolute Gasteiger partial charge is 0.410 e. The highest BCUT2D eigenvalue weighted by Crippen LogP contribution is 2.47. The third-order valence-corrected chi connectivity index (χ3v) is 6.88. The zero-order valence-electron chi connectivity index (χ0n) is 17.1. The summed E-state index contributed by atoms with van der Waals surface area (Å²) in [4.78, 5) is 30.4. The molecule has 29 heavy (non-hydrogen) atoms. The van der Waals surface area contributed by atoms with Crippen LogP contribution < -0.4 is 4.90 Å². The molecule has 156 valence electrons. The fourth-order valence-electron chi connectivity index (χ4n) is 5.26. The molecular weight excluding hydrogens is 366 g/mol. The molecule has 6 nitrogen and oxygen atoms in total. The van der Waals surface area contributed by atoms with Crippen LogP contribution in [0.4, 0.5) is 10.5 Å². The number of fused-ring (bicyclic) bond motifs is 2. The van der Waals surface area contributed by atoms with E-state index in [9.17, 15) is 9.59 Å². The molecule has 1 aromatic carbocycles. The van der Waals surface area contributed by atoms with Crippen molar-refractivity contribution >= 4 is 17.7 Å². The van der Waals surface area contributed by atoms with Gasteiger partial charge in [-0.2, -0.15) is 0 Å². The minimum atomic E-state index is -0.300. The van der Waals surface area contributed by atoms with Crippen LogP contribution in [0.2, 0.25) is 0 Å². The Hall–Kier alpha value is -2.52. The summed E-state index contributed by atoms with van der Waals surface area (Å²) in [7, 11) is 0. The molecule has 2 amide bonds. The summed E-state index contributed by atoms with van der Waals surface area (Å²) in [5.41, 5.74) is 2.51. The summed E-state index contributed by atoms with van der Waals surface area (Å²) in [6.07, 6.45) is 8.92. The third kappa shape index (κ3) is 3.72. The maximum Gasteiger partial charge on any atom is 0.410 e. The van der Waals surface area contributed by atoms with Crippen molar-refractivity contribution < 1.29 is 15.8 Å². The monoisotopic (exact) mass is 397 g/mol. The average Bonchev–Trinajstić information content (AvgIpc) is 3.07. The fraction of sp³-hybridized carbons (Fsp3) is 0.565. The van der Waals surface area contributed by atoms with Crippen LogP contribution >= 0.6 is 0 Å². The predicted molar refractivity (Wildman–Crippen MR) is 114 cm³/mol. The molecule has 2 fully saturated rings. The number of rotatable bonds is 2. The molecule has 0 N–H and O–H groups in total. The number of hydrogen-bond acceptors (Lipinski definition) is 4. The highest BCUT2D eigenvalue weighted by Gasteiger charge is 2.46. The number of carbonyl (C=O) groups excluding carboxylic acids is 2. The number of piperidine rings is 2. The Balaban J connectivity index is 0.00000256. The summed E-state index contributed by atoms with van der Waals surface area (Å²) in [5, 5.41) is 0. The molecule has 4 rings (SSSR count). The van der Waals surface area contributed by atoms with E-state index in [0.717, 1.165) is 64.1 Å². The van der Waals surface area contributed by atoms with Gasteiger partial charge in [-0.1, -0.05) is 24.1 Å². The summed E-state index contributed by atoms with van der Waals surface area (Å²) in [6.45, 7) is 6.00. The van der Waals surface area contributed by atoms with E-state index in [1.807, 2.05) is 11.0 Å². The summed E-state index contributed by atoms with van der Waals surface area (Å²) >= 11 is 0. The number of terminal acetylenes is 1. The fourth-order valence-corrected chi connectivity index (χ4v) is 5.26. The number of nitrogens with zero attached hydrogens (tertiary/aromatic N) is 3. The number of anilines is 1. The second-order valence-electron chi connectivity index (χ2n) is 8.42. The van der Waals surface area contributed by atoms with Crippen LogP contribution in [-0.4, -0.2) is 67.2 Å². The number of amides is 2. The lowest BCUT2D eigenvalue weighted by Crippen LogP contribution is -2.52. The van der Waals surface area contributed by atoms with E-state index in [4.69, 9.17) is 11.2 Å². The Kier molecular flexibility index (Phi) is 5.51. The lowest BCUT2D eigenvalue weighted by molar-refractivity contribution is -0.116. The molecule has 1 spiro atoms. The van der Waals surface area contributed by atoms with Crippen molar-refractivity contribution in [3.63, 3.8) is 0 Å². The Morgan fingerprint density at radius 1 is 1.21 bits per heavy atom. The molecule has 0 aromatic heterocycles. The van der Waals surface area contributed by atoms with Crippen LogP contribution in [0.3, 0.4) is 0 Å². The standard InChI is InChI=1S/C23H29N3O3.H2/c1-3-16-29-22(28)25-12-8-19(9-13-25)24-14-10-23(11-15-24)17-26(18(2)27)21-7-5-4-6-20(21)23;/h1,4-7,19H,8-17H2,2H3;1H. The molecule has 0 unspecified atom stereocenters. The first-order valence-electron chi connectivity index (χ1n) is 10.5. The second-order valence-corrected chi connectivity index (χ2v) is 8.42. The van der Waals surface area contributed by atoms with Crippen LogP contribution in [0.25, 0.3) is 0 Å². The van der Waals surface area contributed by atoms with Gasteiger partial charge in [0.15, 0.2) is 6.61 Å². The van der Waals surface area contributed by atoms with Crippen LogP contribution in [0.1, 0.15) is 39.6 Å². The summed E-state index contributed by atoms with van der Waals surface area (Å²) in [5.74, 6) is 2.46. The minimum Gasteiger partial charge on any atom is -0.436 e. The number of likely N-dealkylation sites (tertiary alicyclic amines) is 2. The molecule has 0 bridgehead atoms. The SMILES string of the molecule is C#CCOC(=O)N1CCC(N2CCC3(CC2)CN(C(C)=O)c2ccccc23)CC1.[HH]. The molecule has 2 saturated heterocycles. The van der Waals surface area contributed by atoms with E-state index < -0.39 is 0 Å². The van der Waals surface area contributed by atoms with Gasteiger partial charge in [0.05, 0.1) is 0 Å². The number of benzene rings is 1. The Labute approximate surface area is 174 Å². The predicted octanol–water partition coefficient (Wildman–Crippen LogP) is 2.87. The van der Waals surface area contributed by atoms with Gasteiger partial charge in [-0.3, -0.25) is 4.79 Å². The Morgan fingerprint density at radius 2 is 1.90 bits per heavy atom. The number of para-hydroxylation sites is 1. The van der Waals surface area contributed by atoms with Crippen molar-refractivity contribution in [2.24, 2.45) is 0 Å². The number of hydrogen-bond donors (Lipinski definition) is 0. The van der Waals surface area contributed by atoms with Gasteiger partial charge in [0.1, 0.15) is 0 Å². The van der Waals surface area contributed by atoms with Gasteiger partial charge in [-0.15, -0.1) is 6.42 Å². The van der Waals surface area contributed by atoms with Gasteiger partial charge < -0.3 is 19.4 Å². The summed E-state index contributed by atoms with van der Waals surface area (Å²) < 4.78 is 5.04. The van der Waals surface area contributed by atoms with Crippen molar-refractivity contribution in [1.29, 1.82) is 0 Å². The molecule has 0 aliphatic carbocycles. The zero-order chi connectivity index (χ0) is 20.4. The van der Waals surface area contributed by atoms with Crippen molar-refractivity contribution in [3.05, 3.63) is 29.8 Å². The first kappa shape index (κ1) is 19.8. The molecule has 0 radical (unpaired) electrons. The van der Waals surface area contributed by atoms with E-state index in [0.29, 0.717) is 6.04 Å². The molecular formula is C23H31N3O3. The molecule has 0 saturated carbocycles. The van der Waals surface area contributed by atoms with Gasteiger partial charge in [0.25, 0.3) is 0 Å². The normalized spacial score (nSPS) is 21.7. The molecule has 3 heterocycles. The average molecular weight is 398 g/mol.